The van der Waals surface area contributed by atoms with E-state index in [4.69, 9.17) is 0 Å². The molecule has 0 bridgehead atoms. The Morgan fingerprint density at radius 3 is 1.54 bits per heavy atom. The molecule has 2 atom stereocenters. The van der Waals surface area contributed by atoms with Gasteiger partial charge in [0.15, 0.2) is 0 Å². The molecule has 2 aliphatic carbocycles. The minimum atomic E-state index is 0.423. The van der Waals surface area contributed by atoms with Crippen LogP contribution in [0.15, 0.2) is 170 Å². The molecular formula is C46H30. The first-order chi connectivity index (χ1) is 22.8. The van der Waals surface area contributed by atoms with Crippen LogP contribution in [0.5, 0.6) is 0 Å². The van der Waals surface area contributed by atoms with Crippen molar-refractivity contribution in [3.63, 3.8) is 0 Å². The fourth-order valence-corrected chi connectivity index (χ4v) is 8.46. The Bertz CT molecular complexity index is 2490. The molecule has 2 aliphatic rings. The monoisotopic (exact) mass is 582 g/mol. The van der Waals surface area contributed by atoms with Gasteiger partial charge in [-0.3, -0.25) is 0 Å². The van der Waals surface area contributed by atoms with Crippen LogP contribution in [-0.4, -0.2) is 0 Å². The highest BCUT2D eigenvalue weighted by Gasteiger charge is 2.33. The highest BCUT2D eigenvalue weighted by molar-refractivity contribution is 6.24. The number of rotatable bonds is 3. The molecule has 0 aliphatic heterocycles. The van der Waals surface area contributed by atoms with E-state index in [-0.39, 0.29) is 0 Å². The van der Waals surface area contributed by atoms with Crippen molar-refractivity contribution in [2.45, 2.75) is 11.8 Å². The zero-order chi connectivity index (χ0) is 30.2. The van der Waals surface area contributed by atoms with Crippen LogP contribution in [0.3, 0.4) is 0 Å². The number of hydrogen-bond donors (Lipinski definition) is 0. The highest BCUT2D eigenvalue weighted by atomic mass is 14.4. The first-order valence-electron chi connectivity index (χ1n) is 16.3. The Morgan fingerprint density at radius 1 is 0.326 bits per heavy atom. The summed E-state index contributed by atoms with van der Waals surface area (Å²) in [4.78, 5) is 0. The lowest BCUT2D eigenvalue weighted by atomic mass is 9.83. The summed E-state index contributed by atoms with van der Waals surface area (Å²) in [6.07, 6.45) is 9.18. The lowest BCUT2D eigenvalue weighted by molar-refractivity contribution is 0.769. The summed E-state index contributed by atoms with van der Waals surface area (Å²) >= 11 is 0. The molecule has 0 heteroatoms. The zero-order valence-corrected chi connectivity index (χ0v) is 25.3. The first-order valence-corrected chi connectivity index (χ1v) is 16.3. The van der Waals surface area contributed by atoms with Crippen molar-refractivity contribution < 1.29 is 0 Å². The van der Waals surface area contributed by atoms with E-state index in [2.05, 4.69) is 170 Å². The Balaban J connectivity index is 1.21. The Kier molecular flexibility index (Phi) is 5.50. The second-order valence-corrected chi connectivity index (χ2v) is 12.7. The van der Waals surface area contributed by atoms with Crippen LogP contribution >= 0.6 is 0 Å². The van der Waals surface area contributed by atoms with Gasteiger partial charge in [0.2, 0.25) is 0 Å². The topological polar surface area (TPSA) is 0 Å². The van der Waals surface area contributed by atoms with Crippen molar-refractivity contribution >= 4 is 43.1 Å². The molecule has 8 aromatic carbocycles. The van der Waals surface area contributed by atoms with Gasteiger partial charge in [-0.05, 0) is 87.6 Å². The third kappa shape index (κ3) is 3.62. The van der Waals surface area contributed by atoms with E-state index in [1.54, 1.807) is 0 Å². The molecule has 0 fully saturated rings. The van der Waals surface area contributed by atoms with Crippen molar-refractivity contribution in [2.75, 3.05) is 0 Å². The molecule has 8 aromatic rings. The Hall–Kier alpha value is -5.72. The van der Waals surface area contributed by atoms with Crippen LogP contribution in [0.25, 0.3) is 76.5 Å². The molecule has 214 valence electrons. The van der Waals surface area contributed by atoms with Crippen molar-refractivity contribution in [3.05, 3.63) is 181 Å². The van der Waals surface area contributed by atoms with Crippen molar-refractivity contribution in [1.29, 1.82) is 0 Å². The van der Waals surface area contributed by atoms with Crippen LogP contribution in [0.2, 0.25) is 0 Å². The number of benzene rings is 8. The van der Waals surface area contributed by atoms with Gasteiger partial charge in [0.25, 0.3) is 0 Å². The molecule has 0 amide bonds. The van der Waals surface area contributed by atoms with Gasteiger partial charge in [-0.25, -0.2) is 0 Å². The second-order valence-electron chi connectivity index (χ2n) is 12.7. The van der Waals surface area contributed by atoms with E-state index in [9.17, 15) is 0 Å². The molecule has 0 saturated heterocycles. The molecule has 0 radical (unpaired) electrons. The molecule has 0 N–H and O–H groups in total. The van der Waals surface area contributed by atoms with Gasteiger partial charge in [-0.1, -0.05) is 170 Å². The van der Waals surface area contributed by atoms with Crippen LogP contribution < -0.4 is 0 Å². The summed E-state index contributed by atoms with van der Waals surface area (Å²) in [5.74, 6) is 0.846. The van der Waals surface area contributed by atoms with Gasteiger partial charge < -0.3 is 0 Å². The predicted molar refractivity (Wildman–Crippen MR) is 197 cm³/mol. The molecular weight excluding hydrogens is 553 g/mol. The van der Waals surface area contributed by atoms with E-state index >= 15 is 0 Å². The molecule has 0 nitrogen and oxygen atoms in total. The fraction of sp³-hybridized carbons (Fsp3) is 0.0435. The molecule has 0 aromatic heterocycles. The van der Waals surface area contributed by atoms with E-state index in [0.29, 0.717) is 11.8 Å². The highest BCUT2D eigenvalue weighted by Crippen LogP contribution is 2.53. The average molecular weight is 583 g/mol. The van der Waals surface area contributed by atoms with E-state index in [1.807, 2.05) is 0 Å². The lowest BCUT2D eigenvalue weighted by Crippen LogP contribution is -2.01. The maximum Gasteiger partial charge on any atom is 0.0131 e. The van der Waals surface area contributed by atoms with Crippen molar-refractivity contribution in [1.82, 2.24) is 0 Å². The van der Waals surface area contributed by atoms with Gasteiger partial charge in [0, 0.05) is 11.8 Å². The fourth-order valence-electron chi connectivity index (χ4n) is 8.46. The van der Waals surface area contributed by atoms with Gasteiger partial charge >= 0.3 is 0 Å². The number of allylic oxidation sites excluding steroid dienone is 4. The summed E-state index contributed by atoms with van der Waals surface area (Å²) in [5.41, 5.74) is 10.6. The number of hydrogen-bond acceptors (Lipinski definition) is 0. The van der Waals surface area contributed by atoms with Gasteiger partial charge in [0.1, 0.15) is 0 Å². The smallest absolute Gasteiger partial charge is 0.0131 e. The van der Waals surface area contributed by atoms with Crippen molar-refractivity contribution in [2.24, 2.45) is 0 Å². The van der Waals surface area contributed by atoms with E-state index in [0.717, 1.165) is 0 Å². The summed E-state index contributed by atoms with van der Waals surface area (Å²) in [7, 11) is 0. The zero-order valence-electron chi connectivity index (χ0n) is 25.3. The molecule has 10 rings (SSSR count). The molecule has 46 heavy (non-hydrogen) atoms. The largest absolute Gasteiger partial charge is 0.0761 e. The minimum absolute atomic E-state index is 0.423. The standard InChI is InChI=1S/C46H30/c1-2-13-32-29(11-1)12-9-20-33(32)30-23-25-31(26-24-30)44-37-16-5-7-18-39(37)46(40-19-8-6-17-38(40)44)43-28-27-42-35-15-4-3-14-34(35)36-21-10-22-41(43)45(36)42/h1-28,34-35H. The SMILES string of the molecule is C1=CC2c3cccc4c(-c5c6ccccc6c(-c6ccc(-c7cccc8ccccc78)cc6)c6ccccc56)ccc(c34)C2C=C1. The van der Waals surface area contributed by atoms with Crippen LogP contribution in [0.4, 0.5) is 0 Å². The Morgan fingerprint density at radius 2 is 0.848 bits per heavy atom. The third-order valence-electron chi connectivity index (χ3n) is 10.4. The molecule has 0 spiro atoms. The summed E-state index contributed by atoms with van der Waals surface area (Å²) in [6.45, 7) is 0. The quantitative estimate of drug-likeness (QED) is 0.182. The molecule has 0 saturated carbocycles. The van der Waals surface area contributed by atoms with Crippen LogP contribution in [-0.2, 0) is 0 Å². The average Bonchev–Trinajstić information content (AvgIpc) is 3.46. The maximum absolute atomic E-state index is 2.40. The lowest BCUT2D eigenvalue weighted by Gasteiger charge is -2.19. The first kappa shape index (κ1) is 25.6. The molecule has 0 heterocycles. The number of fused-ring (bicyclic) bond motifs is 6. The van der Waals surface area contributed by atoms with Crippen LogP contribution in [0, 0.1) is 0 Å². The van der Waals surface area contributed by atoms with Gasteiger partial charge in [0.05, 0.1) is 0 Å². The normalized spacial score (nSPS) is 16.5. The predicted octanol–water partition coefficient (Wildman–Crippen LogP) is 12.6. The third-order valence-corrected chi connectivity index (χ3v) is 10.4. The van der Waals surface area contributed by atoms with Gasteiger partial charge in [-0.15, -0.1) is 0 Å². The van der Waals surface area contributed by atoms with E-state index < -0.39 is 0 Å². The second kappa shape index (κ2) is 9.89. The minimum Gasteiger partial charge on any atom is -0.0761 e. The summed E-state index contributed by atoms with van der Waals surface area (Å²) < 4.78 is 0. The van der Waals surface area contributed by atoms with Gasteiger partial charge in [-0.2, -0.15) is 0 Å². The Labute approximate surface area is 268 Å². The summed E-state index contributed by atoms with van der Waals surface area (Å²) in [5, 5.41) is 10.5. The summed E-state index contributed by atoms with van der Waals surface area (Å²) in [6, 6.07) is 54.2. The molecule has 2 unspecified atom stereocenters. The van der Waals surface area contributed by atoms with E-state index in [1.165, 1.54) is 87.6 Å². The maximum atomic E-state index is 2.40. The van der Waals surface area contributed by atoms with Crippen molar-refractivity contribution in [3.8, 4) is 33.4 Å². The van der Waals surface area contributed by atoms with Crippen LogP contribution in [0.1, 0.15) is 23.0 Å².